The molecule has 6 heteroatoms. The van der Waals surface area contributed by atoms with E-state index in [-0.39, 0.29) is 42.1 Å². The summed E-state index contributed by atoms with van der Waals surface area (Å²) >= 11 is 0. The summed E-state index contributed by atoms with van der Waals surface area (Å²) in [5.41, 5.74) is 2.57. The Bertz CT molecular complexity index is 724. The normalized spacial score (nSPS) is 19.5. The Balaban J connectivity index is 1.93. The summed E-state index contributed by atoms with van der Waals surface area (Å²) in [5.74, 6) is -0.0607. The van der Waals surface area contributed by atoms with Gasteiger partial charge in [0.05, 0.1) is 11.5 Å². The number of hydrogen-bond acceptors (Lipinski definition) is 4. The average molecular weight is 337 g/mol. The Hall–Kier alpha value is -1.69. The van der Waals surface area contributed by atoms with Gasteiger partial charge in [0, 0.05) is 31.5 Å². The fraction of sp³-hybridized carbons (Fsp3) is 0.529. The standard InChI is InChI=1S/C17H23NO4S/c1-12-4-5-13(2)15(10-12)16(19)6-7-17(20)18(3)14-8-9-23(21,22)11-14/h4-5,10,14H,6-9,11H2,1-3H3. The zero-order valence-electron chi connectivity index (χ0n) is 13.8. The van der Waals surface area contributed by atoms with Gasteiger partial charge >= 0.3 is 0 Å². The van der Waals surface area contributed by atoms with Gasteiger partial charge in [-0.15, -0.1) is 0 Å². The molecule has 126 valence electrons. The lowest BCUT2D eigenvalue weighted by atomic mass is 9.99. The average Bonchev–Trinajstić information content (AvgIpc) is 2.86. The second kappa shape index (κ2) is 6.83. The Morgan fingerprint density at radius 1 is 1.22 bits per heavy atom. The zero-order valence-corrected chi connectivity index (χ0v) is 14.6. The van der Waals surface area contributed by atoms with E-state index in [0.717, 1.165) is 11.1 Å². The first-order valence-corrected chi connectivity index (χ1v) is 9.58. The van der Waals surface area contributed by atoms with Gasteiger partial charge in [0.15, 0.2) is 15.6 Å². The molecule has 0 bridgehead atoms. The van der Waals surface area contributed by atoms with E-state index in [0.29, 0.717) is 12.0 Å². The minimum Gasteiger partial charge on any atom is -0.342 e. The summed E-state index contributed by atoms with van der Waals surface area (Å²) < 4.78 is 23.0. The van der Waals surface area contributed by atoms with Crippen LogP contribution in [0.15, 0.2) is 18.2 Å². The zero-order chi connectivity index (χ0) is 17.2. The Labute approximate surface area is 137 Å². The first kappa shape index (κ1) is 17.7. The number of sulfone groups is 1. The van der Waals surface area contributed by atoms with Crippen LogP contribution in [-0.4, -0.2) is 49.6 Å². The summed E-state index contributed by atoms with van der Waals surface area (Å²) in [6.07, 6.45) is 0.738. The molecule has 1 unspecified atom stereocenters. The van der Waals surface area contributed by atoms with Crippen molar-refractivity contribution in [2.45, 2.75) is 39.2 Å². The summed E-state index contributed by atoms with van der Waals surface area (Å²) in [7, 11) is -1.40. The van der Waals surface area contributed by atoms with E-state index >= 15 is 0 Å². The molecule has 0 aromatic heterocycles. The first-order valence-electron chi connectivity index (χ1n) is 7.76. The largest absolute Gasteiger partial charge is 0.342 e. The highest BCUT2D eigenvalue weighted by molar-refractivity contribution is 7.91. The molecule has 1 saturated heterocycles. The SMILES string of the molecule is Cc1ccc(C)c(C(=O)CCC(=O)N(C)C2CCS(=O)(=O)C2)c1. The van der Waals surface area contributed by atoms with E-state index in [2.05, 4.69) is 0 Å². The van der Waals surface area contributed by atoms with Crippen LogP contribution in [0.3, 0.4) is 0 Å². The number of carbonyl (C=O) groups excluding carboxylic acids is 2. The second-order valence-corrected chi connectivity index (χ2v) is 8.53. The lowest BCUT2D eigenvalue weighted by molar-refractivity contribution is -0.131. The van der Waals surface area contributed by atoms with Crippen LogP contribution in [0.1, 0.15) is 40.7 Å². The molecule has 5 nitrogen and oxygen atoms in total. The van der Waals surface area contributed by atoms with Gasteiger partial charge in [0.1, 0.15) is 0 Å². The van der Waals surface area contributed by atoms with Gasteiger partial charge in [-0.05, 0) is 31.9 Å². The van der Waals surface area contributed by atoms with Crippen molar-refractivity contribution in [1.82, 2.24) is 4.90 Å². The number of ketones is 1. The van der Waals surface area contributed by atoms with Gasteiger partial charge in [-0.3, -0.25) is 9.59 Å². The molecule has 0 N–H and O–H groups in total. The lowest BCUT2D eigenvalue weighted by Crippen LogP contribution is -2.37. The van der Waals surface area contributed by atoms with Crippen LogP contribution in [0.2, 0.25) is 0 Å². The maximum atomic E-state index is 12.3. The van der Waals surface area contributed by atoms with E-state index in [9.17, 15) is 18.0 Å². The van der Waals surface area contributed by atoms with Gasteiger partial charge in [0.25, 0.3) is 0 Å². The van der Waals surface area contributed by atoms with Crippen LogP contribution < -0.4 is 0 Å². The van der Waals surface area contributed by atoms with E-state index in [1.54, 1.807) is 7.05 Å². The smallest absolute Gasteiger partial charge is 0.223 e. The molecule has 0 saturated carbocycles. The summed E-state index contributed by atoms with van der Waals surface area (Å²) in [5, 5.41) is 0. The summed E-state index contributed by atoms with van der Waals surface area (Å²) in [6.45, 7) is 3.81. The van der Waals surface area contributed by atoms with Crippen molar-refractivity contribution in [3.8, 4) is 0 Å². The molecule has 1 amide bonds. The molecular weight excluding hydrogens is 314 g/mol. The van der Waals surface area contributed by atoms with Crippen molar-refractivity contribution in [2.24, 2.45) is 0 Å². The van der Waals surface area contributed by atoms with Gasteiger partial charge in [0.2, 0.25) is 5.91 Å². The number of carbonyl (C=O) groups is 2. The maximum absolute atomic E-state index is 12.3. The molecule has 1 aromatic rings. The molecule has 1 fully saturated rings. The highest BCUT2D eigenvalue weighted by atomic mass is 32.2. The topological polar surface area (TPSA) is 71.5 Å². The quantitative estimate of drug-likeness (QED) is 0.770. The van der Waals surface area contributed by atoms with Crippen molar-refractivity contribution >= 4 is 21.5 Å². The molecule has 0 spiro atoms. The number of amides is 1. The van der Waals surface area contributed by atoms with Crippen LogP contribution >= 0.6 is 0 Å². The minimum absolute atomic E-state index is 0.0280. The van der Waals surface area contributed by atoms with Crippen LogP contribution in [-0.2, 0) is 14.6 Å². The molecule has 23 heavy (non-hydrogen) atoms. The number of hydrogen-bond donors (Lipinski definition) is 0. The maximum Gasteiger partial charge on any atom is 0.223 e. The molecule has 1 aromatic carbocycles. The highest BCUT2D eigenvalue weighted by Crippen LogP contribution is 2.18. The third kappa shape index (κ3) is 4.41. The number of rotatable bonds is 5. The second-order valence-electron chi connectivity index (χ2n) is 6.30. The van der Waals surface area contributed by atoms with Crippen LogP contribution in [0.5, 0.6) is 0 Å². The van der Waals surface area contributed by atoms with Crippen molar-refractivity contribution in [2.75, 3.05) is 18.6 Å². The van der Waals surface area contributed by atoms with E-state index in [1.807, 2.05) is 32.0 Å². The summed E-state index contributed by atoms with van der Waals surface area (Å²) in [4.78, 5) is 26.0. The van der Waals surface area contributed by atoms with Gasteiger partial charge in [-0.25, -0.2) is 8.42 Å². The Morgan fingerprint density at radius 2 is 1.91 bits per heavy atom. The third-order valence-corrected chi connectivity index (χ3v) is 6.16. The third-order valence-electron chi connectivity index (χ3n) is 4.41. The fourth-order valence-electron chi connectivity index (χ4n) is 2.85. The predicted octanol–water partition coefficient (Wildman–Crippen LogP) is 1.91. The monoisotopic (exact) mass is 337 g/mol. The molecule has 2 rings (SSSR count). The number of nitrogens with zero attached hydrogens (tertiary/aromatic N) is 1. The first-order chi connectivity index (χ1) is 10.7. The van der Waals surface area contributed by atoms with Crippen molar-refractivity contribution < 1.29 is 18.0 Å². The van der Waals surface area contributed by atoms with Crippen LogP contribution in [0, 0.1) is 13.8 Å². The molecule has 1 heterocycles. The Morgan fingerprint density at radius 3 is 2.52 bits per heavy atom. The van der Waals surface area contributed by atoms with E-state index in [4.69, 9.17) is 0 Å². The van der Waals surface area contributed by atoms with E-state index < -0.39 is 9.84 Å². The van der Waals surface area contributed by atoms with Crippen molar-refractivity contribution in [3.05, 3.63) is 34.9 Å². The molecule has 1 aliphatic heterocycles. The van der Waals surface area contributed by atoms with Gasteiger partial charge < -0.3 is 4.90 Å². The highest BCUT2D eigenvalue weighted by Gasteiger charge is 2.32. The lowest BCUT2D eigenvalue weighted by Gasteiger charge is -2.23. The van der Waals surface area contributed by atoms with Gasteiger partial charge in [-0.1, -0.05) is 17.7 Å². The molecule has 1 atom stereocenters. The molecule has 0 radical (unpaired) electrons. The van der Waals surface area contributed by atoms with Gasteiger partial charge in [-0.2, -0.15) is 0 Å². The van der Waals surface area contributed by atoms with Crippen molar-refractivity contribution in [1.29, 1.82) is 0 Å². The number of Topliss-reactive ketones (excluding diaryl/α,β-unsaturated/α-hetero) is 1. The molecule has 0 aliphatic carbocycles. The molecule has 1 aliphatic rings. The number of aryl methyl sites for hydroxylation is 2. The van der Waals surface area contributed by atoms with E-state index in [1.165, 1.54) is 4.90 Å². The van der Waals surface area contributed by atoms with Crippen LogP contribution in [0.25, 0.3) is 0 Å². The minimum atomic E-state index is -3.02. The van der Waals surface area contributed by atoms with Crippen LogP contribution in [0.4, 0.5) is 0 Å². The predicted molar refractivity (Wildman–Crippen MR) is 89.3 cm³/mol. The fourth-order valence-corrected chi connectivity index (χ4v) is 4.63. The number of benzene rings is 1. The Kier molecular flexibility index (Phi) is 5.24. The molecular formula is C17H23NO4S. The summed E-state index contributed by atoms with van der Waals surface area (Å²) in [6, 6.07) is 5.43. The van der Waals surface area contributed by atoms with Crippen molar-refractivity contribution in [3.63, 3.8) is 0 Å².